The van der Waals surface area contributed by atoms with Crippen LogP contribution in [-0.2, 0) is 6.54 Å². The van der Waals surface area contributed by atoms with Crippen LogP contribution in [0, 0.1) is 6.92 Å². The molecule has 3 aromatic carbocycles. The highest BCUT2D eigenvalue weighted by molar-refractivity contribution is 6.33. The summed E-state index contributed by atoms with van der Waals surface area (Å²) in [4.78, 5) is 12.0. The monoisotopic (exact) mass is 382 g/mol. The van der Waals surface area contributed by atoms with Gasteiger partial charge >= 0.3 is 0 Å². The van der Waals surface area contributed by atoms with Gasteiger partial charge in [-0.3, -0.25) is 4.79 Å². The van der Waals surface area contributed by atoms with Crippen LogP contribution >= 0.6 is 23.2 Å². The van der Waals surface area contributed by atoms with Gasteiger partial charge in [0.1, 0.15) is 0 Å². The number of benzene rings is 3. The van der Waals surface area contributed by atoms with Crippen LogP contribution < -0.4 is 5.73 Å². The van der Waals surface area contributed by atoms with E-state index in [4.69, 9.17) is 28.9 Å². The molecular formula is C21H16Cl2N2O. The summed E-state index contributed by atoms with van der Waals surface area (Å²) in [7, 11) is 0. The topological polar surface area (TPSA) is 48.0 Å². The van der Waals surface area contributed by atoms with Crippen LogP contribution in [0.1, 0.15) is 21.5 Å². The fraction of sp³-hybridized carbons (Fsp3) is 0.0952. The molecule has 4 rings (SSSR count). The van der Waals surface area contributed by atoms with Crippen molar-refractivity contribution < 1.29 is 4.79 Å². The van der Waals surface area contributed by atoms with E-state index in [1.807, 2.05) is 37.3 Å². The van der Waals surface area contributed by atoms with Crippen molar-refractivity contribution in [1.82, 2.24) is 4.57 Å². The van der Waals surface area contributed by atoms with Crippen molar-refractivity contribution in [2.45, 2.75) is 13.5 Å². The molecule has 5 heteroatoms. The van der Waals surface area contributed by atoms with E-state index in [1.54, 1.807) is 18.2 Å². The first-order valence-electron chi connectivity index (χ1n) is 8.21. The van der Waals surface area contributed by atoms with Gasteiger partial charge in [-0.05, 0) is 54.4 Å². The average Bonchev–Trinajstić information content (AvgIpc) is 2.91. The molecule has 0 radical (unpaired) electrons. The normalized spacial score (nSPS) is 11.3. The number of carbonyl (C=O) groups excluding carboxylic acids is 1. The summed E-state index contributed by atoms with van der Waals surface area (Å²) in [6, 6.07) is 17.2. The van der Waals surface area contributed by atoms with E-state index < -0.39 is 5.91 Å². The number of hydrogen-bond acceptors (Lipinski definition) is 1. The summed E-state index contributed by atoms with van der Waals surface area (Å²) >= 11 is 12.5. The molecule has 1 heterocycles. The van der Waals surface area contributed by atoms with Gasteiger partial charge in [-0.1, -0.05) is 41.4 Å². The van der Waals surface area contributed by atoms with Crippen LogP contribution in [0.2, 0.25) is 10.0 Å². The molecule has 26 heavy (non-hydrogen) atoms. The number of aromatic nitrogens is 1. The lowest BCUT2D eigenvalue weighted by Gasteiger charge is -2.10. The molecule has 2 N–H and O–H groups in total. The second-order valence-electron chi connectivity index (χ2n) is 6.41. The summed E-state index contributed by atoms with van der Waals surface area (Å²) in [5, 5.41) is 3.16. The molecule has 0 saturated heterocycles. The molecule has 0 unspecified atom stereocenters. The van der Waals surface area contributed by atoms with Crippen LogP contribution in [0.3, 0.4) is 0 Å². The maximum Gasteiger partial charge on any atom is 0.249 e. The van der Waals surface area contributed by atoms with Crippen molar-refractivity contribution in [3.63, 3.8) is 0 Å². The zero-order chi connectivity index (χ0) is 18.4. The smallest absolute Gasteiger partial charge is 0.249 e. The van der Waals surface area contributed by atoms with Crippen LogP contribution in [0.4, 0.5) is 0 Å². The second-order valence-corrected chi connectivity index (χ2v) is 7.25. The SMILES string of the molecule is Cc1ccc2c3c(C(N)=O)cccc3n(Cc3cc(Cl)ccc3Cl)c2c1. The average molecular weight is 383 g/mol. The lowest BCUT2D eigenvalue weighted by molar-refractivity contribution is 0.100. The first-order valence-corrected chi connectivity index (χ1v) is 8.96. The highest BCUT2D eigenvalue weighted by atomic mass is 35.5. The molecule has 0 atom stereocenters. The molecular weight excluding hydrogens is 367 g/mol. The molecule has 0 aliphatic rings. The van der Waals surface area contributed by atoms with Gasteiger partial charge in [-0.15, -0.1) is 0 Å². The highest BCUT2D eigenvalue weighted by Gasteiger charge is 2.17. The predicted molar refractivity (Wildman–Crippen MR) is 108 cm³/mol. The van der Waals surface area contributed by atoms with Crippen LogP contribution in [0.5, 0.6) is 0 Å². The molecule has 0 bridgehead atoms. The number of aryl methyl sites for hydroxylation is 1. The van der Waals surface area contributed by atoms with Crippen LogP contribution in [-0.4, -0.2) is 10.5 Å². The Hall–Kier alpha value is -2.49. The summed E-state index contributed by atoms with van der Waals surface area (Å²) in [6.45, 7) is 2.59. The van der Waals surface area contributed by atoms with E-state index >= 15 is 0 Å². The van der Waals surface area contributed by atoms with Crippen molar-refractivity contribution in [3.05, 3.63) is 81.3 Å². The summed E-state index contributed by atoms with van der Waals surface area (Å²) in [6.07, 6.45) is 0. The number of halogens is 2. The van der Waals surface area contributed by atoms with E-state index in [2.05, 4.69) is 10.6 Å². The zero-order valence-corrected chi connectivity index (χ0v) is 15.6. The van der Waals surface area contributed by atoms with E-state index in [0.29, 0.717) is 22.2 Å². The van der Waals surface area contributed by atoms with E-state index in [9.17, 15) is 4.79 Å². The summed E-state index contributed by atoms with van der Waals surface area (Å²) in [5.74, 6) is -0.434. The van der Waals surface area contributed by atoms with E-state index in [0.717, 1.165) is 32.9 Å². The minimum atomic E-state index is -0.434. The van der Waals surface area contributed by atoms with Gasteiger partial charge in [0.15, 0.2) is 0 Å². The Labute approximate surface area is 160 Å². The molecule has 3 nitrogen and oxygen atoms in total. The molecule has 0 aliphatic carbocycles. The molecule has 0 saturated carbocycles. The van der Waals surface area contributed by atoms with Crippen molar-refractivity contribution in [3.8, 4) is 0 Å². The highest BCUT2D eigenvalue weighted by Crippen LogP contribution is 2.34. The van der Waals surface area contributed by atoms with Crippen molar-refractivity contribution in [2.24, 2.45) is 5.73 Å². The van der Waals surface area contributed by atoms with Gasteiger partial charge in [0.2, 0.25) is 5.91 Å². The van der Waals surface area contributed by atoms with Crippen LogP contribution in [0.25, 0.3) is 21.8 Å². The predicted octanol–water partition coefficient (Wildman–Crippen LogP) is 5.56. The zero-order valence-electron chi connectivity index (χ0n) is 14.1. The third kappa shape index (κ3) is 2.74. The quantitative estimate of drug-likeness (QED) is 0.495. The molecule has 130 valence electrons. The number of carbonyl (C=O) groups is 1. The molecule has 1 amide bonds. The molecule has 4 aromatic rings. The maximum absolute atomic E-state index is 12.0. The van der Waals surface area contributed by atoms with Crippen molar-refractivity contribution >= 4 is 50.9 Å². The van der Waals surface area contributed by atoms with E-state index in [-0.39, 0.29) is 0 Å². The van der Waals surface area contributed by atoms with Crippen molar-refractivity contribution in [1.29, 1.82) is 0 Å². The number of hydrogen-bond donors (Lipinski definition) is 1. The fourth-order valence-electron chi connectivity index (χ4n) is 3.46. The van der Waals surface area contributed by atoms with Gasteiger partial charge < -0.3 is 10.3 Å². The Morgan fingerprint density at radius 2 is 1.85 bits per heavy atom. The molecule has 0 aliphatic heterocycles. The van der Waals surface area contributed by atoms with Gasteiger partial charge in [0.05, 0.1) is 5.52 Å². The fourth-order valence-corrected chi connectivity index (χ4v) is 3.84. The summed E-state index contributed by atoms with van der Waals surface area (Å²) < 4.78 is 2.15. The lowest BCUT2D eigenvalue weighted by Crippen LogP contribution is -2.11. The molecule has 1 aromatic heterocycles. The van der Waals surface area contributed by atoms with Crippen LogP contribution in [0.15, 0.2) is 54.6 Å². The number of nitrogens with zero attached hydrogens (tertiary/aromatic N) is 1. The van der Waals surface area contributed by atoms with Gasteiger partial charge in [0, 0.05) is 38.4 Å². The van der Waals surface area contributed by atoms with Gasteiger partial charge in [-0.25, -0.2) is 0 Å². The molecule has 0 spiro atoms. The van der Waals surface area contributed by atoms with E-state index in [1.165, 1.54) is 0 Å². The Morgan fingerprint density at radius 3 is 2.62 bits per heavy atom. The third-order valence-corrected chi connectivity index (χ3v) is 5.25. The number of rotatable bonds is 3. The number of nitrogens with two attached hydrogens (primary N) is 1. The first kappa shape index (κ1) is 17.0. The Bertz CT molecular complexity index is 1180. The Morgan fingerprint density at radius 1 is 1.04 bits per heavy atom. The largest absolute Gasteiger partial charge is 0.366 e. The minimum Gasteiger partial charge on any atom is -0.366 e. The Kier molecular flexibility index (Phi) is 4.14. The minimum absolute atomic E-state index is 0.434. The maximum atomic E-state index is 12.0. The van der Waals surface area contributed by atoms with Gasteiger partial charge in [-0.2, -0.15) is 0 Å². The second kappa shape index (κ2) is 6.35. The molecule has 0 fully saturated rings. The third-order valence-electron chi connectivity index (χ3n) is 4.65. The number of fused-ring (bicyclic) bond motifs is 3. The van der Waals surface area contributed by atoms with Crippen molar-refractivity contribution in [2.75, 3.05) is 0 Å². The first-order chi connectivity index (χ1) is 12.5. The van der Waals surface area contributed by atoms with Gasteiger partial charge in [0.25, 0.3) is 0 Å². The number of amides is 1. The standard InChI is InChI=1S/C21H16Cl2N2O/c1-12-5-7-15-19(9-12)25(11-13-10-14(22)6-8-17(13)23)18-4-2-3-16(20(15)18)21(24)26/h2-10H,11H2,1H3,(H2,24,26). The number of primary amides is 1. The summed E-state index contributed by atoms with van der Waals surface area (Å²) in [5.41, 5.74) is 10.2. The lowest BCUT2D eigenvalue weighted by atomic mass is 10.1. The Balaban J connectivity index is 2.06.